The molecule has 0 aliphatic carbocycles. The number of ether oxygens (including phenoxy) is 2. The van der Waals surface area contributed by atoms with Gasteiger partial charge in [-0.1, -0.05) is 0 Å². The van der Waals surface area contributed by atoms with Crippen molar-refractivity contribution >= 4 is 5.97 Å². The van der Waals surface area contributed by atoms with Crippen molar-refractivity contribution < 1.29 is 19.4 Å². The van der Waals surface area contributed by atoms with E-state index in [1.807, 2.05) is 20.8 Å². The molecule has 4 nitrogen and oxygen atoms in total. The van der Waals surface area contributed by atoms with Crippen molar-refractivity contribution in [2.75, 3.05) is 13.2 Å². The van der Waals surface area contributed by atoms with E-state index in [0.717, 1.165) is 0 Å². The Balaban J connectivity index is 3.41. The third kappa shape index (κ3) is 7.74. The Kier molecular flexibility index (Phi) is 4.95. The van der Waals surface area contributed by atoms with Crippen LogP contribution in [0.15, 0.2) is 0 Å². The van der Waals surface area contributed by atoms with Crippen molar-refractivity contribution in [2.24, 2.45) is 0 Å². The summed E-state index contributed by atoms with van der Waals surface area (Å²) in [5, 5.41) is 8.48. The molecular weight excluding hydrogens is 172 g/mol. The molecule has 13 heavy (non-hydrogen) atoms. The summed E-state index contributed by atoms with van der Waals surface area (Å²) in [5.74, 6) is -0.948. The van der Waals surface area contributed by atoms with Crippen LogP contribution in [-0.4, -0.2) is 36.0 Å². The quantitative estimate of drug-likeness (QED) is 0.664. The number of hydrogen-bond acceptors (Lipinski definition) is 3. The average molecular weight is 190 g/mol. The topological polar surface area (TPSA) is 55.8 Å². The molecule has 0 aromatic heterocycles. The molecule has 0 amide bonds. The summed E-state index contributed by atoms with van der Waals surface area (Å²) >= 11 is 0. The molecule has 0 radical (unpaired) electrons. The summed E-state index contributed by atoms with van der Waals surface area (Å²) in [5.41, 5.74) is -0.199. The molecule has 0 aromatic carbocycles. The molecule has 0 fully saturated rings. The van der Waals surface area contributed by atoms with E-state index >= 15 is 0 Å². The Morgan fingerprint density at radius 3 is 2.31 bits per heavy atom. The maximum atomic E-state index is 10.3. The Hall–Kier alpha value is -0.610. The Morgan fingerprint density at radius 1 is 1.38 bits per heavy atom. The Bertz CT molecular complexity index is 159. The van der Waals surface area contributed by atoms with E-state index in [1.54, 1.807) is 0 Å². The molecule has 0 saturated heterocycles. The largest absolute Gasteiger partial charge is 0.479 e. The summed E-state index contributed by atoms with van der Waals surface area (Å²) in [7, 11) is 0. The number of carboxylic acids is 1. The van der Waals surface area contributed by atoms with Crippen LogP contribution in [0.2, 0.25) is 0 Å². The number of rotatable bonds is 5. The Morgan fingerprint density at radius 2 is 1.92 bits per heavy atom. The van der Waals surface area contributed by atoms with Crippen LogP contribution in [0.5, 0.6) is 0 Å². The molecule has 0 spiro atoms. The highest BCUT2D eigenvalue weighted by Gasteiger charge is 2.12. The number of carboxylic acid groups (broad SMARTS) is 1. The van der Waals surface area contributed by atoms with Gasteiger partial charge in [-0.2, -0.15) is 0 Å². The number of hydrogen-bond donors (Lipinski definition) is 1. The minimum Gasteiger partial charge on any atom is -0.479 e. The summed E-state index contributed by atoms with van der Waals surface area (Å²) in [6.45, 7) is 8.04. The normalized spacial score (nSPS) is 14.2. The van der Waals surface area contributed by atoms with E-state index in [-0.39, 0.29) is 5.60 Å². The summed E-state index contributed by atoms with van der Waals surface area (Å²) in [4.78, 5) is 10.3. The molecule has 78 valence electrons. The van der Waals surface area contributed by atoms with Gasteiger partial charge in [0, 0.05) is 0 Å². The van der Waals surface area contributed by atoms with Gasteiger partial charge in [0.1, 0.15) is 0 Å². The third-order valence-electron chi connectivity index (χ3n) is 1.33. The van der Waals surface area contributed by atoms with Crippen molar-refractivity contribution in [3.05, 3.63) is 0 Å². The van der Waals surface area contributed by atoms with Gasteiger partial charge in [-0.25, -0.2) is 4.79 Å². The van der Waals surface area contributed by atoms with Crippen LogP contribution in [0.25, 0.3) is 0 Å². The van der Waals surface area contributed by atoms with Crippen LogP contribution in [0, 0.1) is 0 Å². The predicted molar refractivity (Wildman–Crippen MR) is 48.8 cm³/mol. The van der Waals surface area contributed by atoms with Gasteiger partial charge in [0.05, 0.1) is 18.8 Å². The van der Waals surface area contributed by atoms with Crippen LogP contribution < -0.4 is 0 Å². The highest BCUT2D eigenvalue weighted by Crippen LogP contribution is 2.05. The van der Waals surface area contributed by atoms with Crippen LogP contribution >= 0.6 is 0 Å². The minimum absolute atomic E-state index is 0.199. The number of aliphatic carboxylic acids is 1. The second-order valence-electron chi connectivity index (χ2n) is 3.81. The lowest BCUT2D eigenvalue weighted by Gasteiger charge is -2.19. The molecule has 0 bridgehead atoms. The molecule has 4 heteroatoms. The van der Waals surface area contributed by atoms with E-state index in [4.69, 9.17) is 14.6 Å². The van der Waals surface area contributed by atoms with Gasteiger partial charge in [0.25, 0.3) is 0 Å². The van der Waals surface area contributed by atoms with Crippen LogP contribution in [0.4, 0.5) is 0 Å². The number of carbonyl (C=O) groups is 1. The molecule has 0 aromatic rings. The van der Waals surface area contributed by atoms with Gasteiger partial charge < -0.3 is 14.6 Å². The molecule has 0 unspecified atom stereocenters. The molecule has 0 saturated carbocycles. The van der Waals surface area contributed by atoms with E-state index in [2.05, 4.69) is 0 Å². The monoisotopic (exact) mass is 190 g/mol. The lowest BCUT2D eigenvalue weighted by molar-refractivity contribution is -0.150. The smallest absolute Gasteiger partial charge is 0.332 e. The molecular formula is C9H18O4. The minimum atomic E-state index is -0.948. The van der Waals surface area contributed by atoms with Crippen molar-refractivity contribution in [1.29, 1.82) is 0 Å². The maximum Gasteiger partial charge on any atom is 0.332 e. The van der Waals surface area contributed by atoms with Crippen LogP contribution in [0.1, 0.15) is 27.7 Å². The van der Waals surface area contributed by atoms with Gasteiger partial charge in [-0.05, 0) is 27.7 Å². The highest BCUT2D eigenvalue weighted by molar-refractivity contribution is 5.71. The standard InChI is InChI=1S/C9H18O4/c1-7(8(10)11)12-5-6-13-9(2,3)4/h7H,5-6H2,1-4H3,(H,10,11)/t7-/m1/s1. The Labute approximate surface area is 78.8 Å². The first kappa shape index (κ1) is 12.4. The van der Waals surface area contributed by atoms with Gasteiger partial charge in [-0.15, -0.1) is 0 Å². The second kappa shape index (κ2) is 5.19. The average Bonchev–Trinajstić information content (AvgIpc) is 1.95. The third-order valence-corrected chi connectivity index (χ3v) is 1.33. The lowest BCUT2D eigenvalue weighted by atomic mass is 10.2. The van der Waals surface area contributed by atoms with Gasteiger partial charge in [0.2, 0.25) is 0 Å². The first-order chi connectivity index (χ1) is 5.83. The predicted octanol–water partition coefficient (Wildman–Crippen LogP) is 1.29. The molecule has 0 aliphatic rings. The van der Waals surface area contributed by atoms with Crippen LogP contribution in [0.3, 0.4) is 0 Å². The second-order valence-corrected chi connectivity index (χ2v) is 3.81. The molecule has 1 N–H and O–H groups in total. The first-order valence-electron chi connectivity index (χ1n) is 4.31. The zero-order valence-corrected chi connectivity index (χ0v) is 8.66. The van der Waals surface area contributed by atoms with Gasteiger partial charge in [0.15, 0.2) is 6.10 Å². The first-order valence-corrected chi connectivity index (χ1v) is 4.31. The zero-order chi connectivity index (χ0) is 10.5. The fraction of sp³-hybridized carbons (Fsp3) is 0.889. The van der Waals surface area contributed by atoms with Crippen LogP contribution in [-0.2, 0) is 14.3 Å². The van der Waals surface area contributed by atoms with E-state index in [0.29, 0.717) is 13.2 Å². The molecule has 0 aliphatic heterocycles. The van der Waals surface area contributed by atoms with E-state index in [9.17, 15) is 4.79 Å². The zero-order valence-electron chi connectivity index (χ0n) is 8.66. The molecule has 0 rings (SSSR count). The van der Waals surface area contributed by atoms with E-state index < -0.39 is 12.1 Å². The maximum absolute atomic E-state index is 10.3. The van der Waals surface area contributed by atoms with Gasteiger partial charge >= 0.3 is 5.97 Å². The lowest BCUT2D eigenvalue weighted by Crippen LogP contribution is -2.25. The summed E-state index contributed by atoms with van der Waals surface area (Å²) in [6.07, 6.45) is -0.761. The fourth-order valence-corrected chi connectivity index (χ4v) is 0.644. The highest BCUT2D eigenvalue weighted by atomic mass is 16.5. The van der Waals surface area contributed by atoms with Crippen molar-refractivity contribution in [3.63, 3.8) is 0 Å². The van der Waals surface area contributed by atoms with Crippen molar-refractivity contribution in [1.82, 2.24) is 0 Å². The van der Waals surface area contributed by atoms with E-state index in [1.165, 1.54) is 6.92 Å². The molecule has 1 atom stereocenters. The summed E-state index contributed by atoms with van der Waals surface area (Å²) < 4.78 is 10.3. The molecule has 0 heterocycles. The SMILES string of the molecule is C[C@@H](OCCOC(C)(C)C)C(=O)O. The summed E-state index contributed by atoms with van der Waals surface area (Å²) in [6, 6.07) is 0. The van der Waals surface area contributed by atoms with Gasteiger partial charge in [-0.3, -0.25) is 0 Å². The fourth-order valence-electron chi connectivity index (χ4n) is 0.644. The van der Waals surface area contributed by atoms with Crippen molar-refractivity contribution in [3.8, 4) is 0 Å². The van der Waals surface area contributed by atoms with Crippen molar-refractivity contribution in [2.45, 2.75) is 39.4 Å².